The Morgan fingerprint density at radius 2 is 2.36 bits per heavy atom. The molecular weight excluding hydrogens is 140 g/mol. The highest BCUT2D eigenvalue weighted by atomic mass is 16.5. The zero-order chi connectivity index (χ0) is 8.10. The van der Waals surface area contributed by atoms with E-state index in [0.717, 1.165) is 12.3 Å². The largest absolute Gasteiger partial charge is 0.478 e. The fourth-order valence-corrected chi connectivity index (χ4v) is 0.877. The Morgan fingerprint density at radius 1 is 1.55 bits per heavy atom. The van der Waals surface area contributed by atoms with Crippen molar-refractivity contribution in [1.29, 1.82) is 0 Å². The van der Waals surface area contributed by atoms with E-state index in [4.69, 9.17) is 10.5 Å². The molecule has 0 spiro atoms. The maximum atomic E-state index is 5.28. The second-order valence-electron chi connectivity index (χ2n) is 2.34. The Kier molecular flexibility index (Phi) is 2.98. The molecular formula is C8H14N2O. The minimum atomic E-state index is 0.556. The predicted octanol–water partition coefficient (Wildman–Crippen LogP) is 0.915. The van der Waals surface area contributed by atoms with Crippen LogP contribution in [-0.4, -0.2) is 18.1 Å². The fraction of sp³-hybridized carbons (Fsp3) is 0.500. The van der Waals surface area contributed by atoms with Crippen LogP contribution in [0.4, 0.5) is 0 Å². The van der Waals surface area contributed by atoms with Gasteiger partial charge in [0.25, 0.3) is 0 Å². The predicted molar refractivity (Wildman–Crippen MR) is 44.7 cm³/mol. The van der Waals surface area contributed by atoms with E-state index in [1.165, 1.54) is 5.69 Å². The van der Waals surface area contributed by atoms with Crippen LogP contribution in [0.25, 0.3) is 0 Å². The molecule has 0 aliphatic carbocycles. The molecule has 0 fully saturated rings. The lowest BCUT2D eigenvalue weighted by atomic mass is 10.3. The van der Waals surface area contributed by atoms with E-state index < -0.39 is 0 Å². The average molecular weight is 154 g/mol. The standard InChI is InChI=1S/C8H14N2O/c1-2-7-3-4-8(10-7)11-6-5-9/h3-4,10H,2,5-6,9H2,1H3. The molecule has 3 N–H and O–H groups in total. The first kappa shape index (κ1) is 8.14. The van der Waals surface area contributed by atoms with Gasteiger partial charge >= 0.3 is 0 Å². The summed E-state index contributed by atoms with van der Waals surface area (Å²) in [5.41, 5.74) is 6.47. The van der Waals surface area contributed by atoms with Gasteiger partial charge in [0.15, 0.2) is 5.88 Å². The van der Waals surface area contributed by atoms with Crippen LogP contribution in [0.5, 0.6) is 5.88 Å². The molecule has 62 valence electrons. The highest BCUT2D eigenvalue weighted by Gasteiger charge is 1.95. The van der Waals surface area contributed by atoms with Crippen LogP contribution in [0, 0.1) is 0 Å². The van der Waals surface area contributed by atoms with Gasteiger partial charge in [-0.1, -0.05) is 6.92 Å². The van der Waals surface area contributed by atoms with Crippen LogP contribution in [0.3, 0.4) is 0 Å². The van der Waals surface area contributed by atoms with Gasteiger partial charge in [0.05, 0.1) is 0 Å². The number of nitrogens with two attached hydrogens (primary N) is 1. The van der Waals surface area contributed by atoms with Gasteiger partial charge in [0, 0.05) is 12.2 Å². The van der Waals surface area contributed by atoms with Crippen LogP contribution in [-0.2, 0) is 6.42 Å². The molecule has 0 bridgehead atoms. The molecule has 1 aromatic rings. The van der Waals surface area contributed by atoms with Gasteiger partial charge in [0.1, 0.15) is 6.61 Å². The summed E-state index contributed by atoms with van der Waals surface area (Å²) in [6.07, 6.45) is 1.01. The number of nitrogens with one attached hydrogen (secondary N) is 1. The number of rotatable bonds is 4. The van der Waals surface area contributed by atoms with Crippen molar-refractivity contribution in [3.63, 3.8) is 0 Å². The van der Waals surface area contributed by atoms with Gasteiger partial charge in [0.2, 0.25) is 0 Å². The highest BCUT2D eigenvalue weighted by Crippen LogP contribution is 2.09. The molecule has 0 aliphatic heterocycles. The molecule has 0 amide bonds. The Bertz CT molecular complexity index is 208. The number of aromatic amines is 1. The first-order chi connectivity index (χ1) is 5.36. The van der Waals surface area contributed by atoms with Crippen LogP contribution in [0.15, 0.2) is 12.1 Å². The van der Waals surface area contributed by atoms with Crippen molar-refractivity contribution in [3.8, 4) is 5.88 Å². The summed E-state index contributed by atoms with van der Waals surface area (Å²) in [5.74, 6) is 0.812. The summed E-state index contributed by atoms with van der Waals surface area (Å²) < 4.78 is 5.26. The summed E-state index contributed by atoms with van der Waals surface area (Å²) >= 11 is 0. The number of hydrogen-bond donors (Lipinski definition) is 2. The summed E-state index contributed by atoms with van der Waals surface area (Å²) in [6.45, 7) is 3.22. The Balaban J connectivity index is 2.44. The maximum Gasteiger partial charge on any atom is 0.190 e. The Morgan fingerprint density at radius 3 is 2.91 bits per heavy atom. The summed E-state index contributed by atoms with van der Waals surface area (Å²) in [7, 11) is 0. The number of hydrogen-bond acceptors (Lipinski definition) is 2. The van der Waals surface area contributed by atoms with Crippen LogP contribution in [0.2, 0.25) is 0 Å². The van der Waals surface area contributed by atoms with Crippen LogP contribution >= 0.6 is 0 Å². The van der Waals surface area contributed by atoms with Crippen molar-refractivity contribution >= 4 is 0 Å². The maximum absolute atomic E-state index is 5.28. The van der Waals surface area contributed by atoms with Gasteiger partial charge in [-0.15, -0.1) is 0 Å². The summed E-state index contributed by atoms with van der Waals surface area (Å²) in [6, 6.07) is 3.94. The first-order valence-electron chi connectivity index (χ1n) is 3.87. The number of aryl methyl sites for hydroxylation is 1. The van der Waals surface area contributed by atoms with E-state index in [1.54, 1.807) is 0 Å². The van der Waals surface area contributed by atoms with E-state index in [-0.39, 0.29) is 0 Å². The molecule has 0 saturated carbocycles. The van der Waals surface area contributed by atoms with E-state index in [9.17, 15) is 0 Å². The molecule has 0 radical (unpaired) electrons. The third kappa shape index (κ3) is 2.27. The normalized spacial score (nSPS) is 10.0. The minimum Gasteiger partial charge on any atom is -0.478 e. The van der Waals surface area contributed by atoms with Gasteiger partial charge in [-0.25, -0.2) is 0 Å². The SMILES string of the molecule is CCc1ccc(OCCN)[nH]1. The number of ether oxygens (including phenoxy) is 1. The molecule has 0 atom stereocenters. The van der Waals surface area contributed by atoms with Crippen LogP contribution < -0.4 is 10.5 Å². The lowest BCUT2D eigenvalue weighted by Crippen LogP contribution is -2.10. The average Bonchev–Trinajstić information content (AvgIpc) is 2.48. The topological polar surface area (TPSA) is 51.0 Å². The van der Waals surface area contributed by atoms with E-state index in [1.807, 2.05) is 12.1 Å². The van der Waals surface area contributed by atoms with Gasteiger partial charge in [-0.3, -0.25) is 0 Å². The molecule has 3 nitrogen and oxygen atoms in total. The third-order valence-electron chi connectivity index (χ3n) is 1.48. The molecule has 0 aliphatic rings. The molecule has 1 aromatic heterocycles. The van der Waals surface area contributed by atoms with Gasteiger partial charge < -0.3 is 15.5 Å². The zero-order valence-electron chi connectivity index (χ0n) is 6.76. The highest BCUT2D eigenvalue weighted by molar-refractivity contribution is 5.17. The Hall–Kier alpha value is -0.960. The van der Waals surface area contributed by atoms with Gasteiger partial charge in [-0.2, -0.15) is 0 Å². The molecule has 1 heterocycles. The van der Waals surface area contributed by atoms with Crippen LogP contribution in [0.1, 0.15) is 12.6 Å². The van der Waals surface area contributed by atoms with Crippen molar-refractivity contribution in [2.45, 2.75) is 13.3 Å². The lowest BCUT2D eigenvalue weighted by Gasteiger charge is -1.99. The molecule has 3 heteroatoms. The molecule has 0 saturated heterocycles. The van der Waals surface area contributed by atoms with Crippen molar-refractivity contribution in [3.05, 3.63) is 17.8 Å². The quantitative estimate of drug-likeness (QED) is 0.677. The smallest absolute Gasteiger partial charge is 0.190 e. The second-order valence-corrected chi connectivity index (χ2v) is 2.34. The molecule has 0 unspecified atom stereocenters. The van der Waals surface area contributed by atoms with Crippen molar-refractivity contribution in [2.24, 2.45) is 5.73 Å². The van der Waals surface area contributed by atoms with Gasteiger partial charge in [-0.05, 0) is 18.6 Å². The number of aromatic nitrogens is 1. The Labute approximate surface area is 66.6 Å². The zero-order valence-corrected chi connectivity index (χ0v) is 6.76. The third-order valence-corrected chi connectivity index (χ3v) is 1.48. The van der Waals surface area contributed by atoms with E-state index in [0.29, 0.717) is 13.2 Å². The van der Waals surface area contributed by atoms with Crippen molar-refractivity contribution in [1.82, 2.24) is 4.98 Å². The molecule has 1 rings (SSSR count). The van der Waals surface area contributed by atoms with Crippen molar-refractivity contribution < 1.29 is 4.74 Å². The minimum absolute atomic E-state index is 0.556. The number of H-pyrrole nitrogens is 1. The summed E-state index contributed by atoms with van der Waals surface area (Å²) in [5, 5.41) is 0. The lowest BCUT2D eigenvalue weighted by molar-refractivity contribution is 0.317. The van der Waals surface area contributed by atoms with E-state index >= 15 is 0 Å². The molecule has 0 aromatic carbocycles. The van der Waals surface area contributed by atoms with E-state index in [2.05, 4.69) is 11.9 Å². The summed E-state index contributed by atoms with van der Waals surface area (Å²) in [4.78, 5) is 3.12. The van der Waals surface area contributed by atoms with Crippen molar-refractivity contribution in [2.75, 3.05) is 13.2 Å². The fourth-order valence-electron chi connectivity index (χ4n) is 0.877. The monoisotopic (exact) mass is 154 g/mol. The first-order valence-corrected chi connectivity index (χ1v) is 3.87. The molecule has 11 heavy (non-hydrogen) atoms. The second kappa shape index (κ2) is 4.03.